The summed E-state index contributed by atoms with van der Waals surface area (Å²) in [6, 6.07) is 1.94. The van der Waals surface area contributed by atoms with Gasteiger partial charge < -0.3 is 14.0 Å². The van der Waals surface area contributed by atoms with Crippen molar-refractivity contribution < 1.29 is 35.9 Å². The number of pyridine rings is 2. The van der Waals surface area contributed by atoms with Crippen LogP contribution in [0.4, 0.5) is 13.2 Å². The SMILES string of the molecule is CCS(=O)(=O)c1cc(C(=O)OCCOC)cnc1-c1nc2cc(C(F)(F)F)cnc2n1C. The van der Waals surface area contributed by atoms with Crippen molar-refractivity contribution in [1.29, 1.82) is 0 Å². The Hall–Kier alpha value is -3.06. The topological polar surface area (TPSA) is 113 Å². The summed E-state index contributed by atoms with van der Waals surface area (Å²) >= 11 is 0. The van der Waals surface area contributed by atoms with Gasteiger partial charge in [-0.05, 0) is 12.1 Å². The van der Waals surface area contributed by atoms with Gasteiger partial charge in [-0.2, -0.15) is 13.2 Å². The van der Waals surface area contributed by atoms with Crippen molar-refractivity contribution in [3.05, 3.63) is 35.7 Å². The number of methoxy groups -OCH3 is 1. The molecule has 0 bridgehead atoms. The Morgan fingerprint density at radius 2 is 1.88 bits per heavy atom. The molecule has 0 saturated carbocycles. The van der Waals surface area contributed by atoms with Gasteiger partial charge >= 0.3 is 12.1 Å². The van der Waals surface area contributed by atoms with Crippen LogP contribution < -0.4 is 0 Å². The van der Waals surface area contributed by atoms with E-state index in [1.807, 2.05) is 0 Å². The number of halogens is 3. The highest BCUT2D eigenvalue weighted by atomic mass is 32.2. The fourth-order valence-electron chi connectivity index (χ4n) is 2.86. The smallest absolute Gasteiger partial charge is 0.417 e. The van der Waals surface area contributed by atoms with Crippen LogP contribution in [0.3, 0.4) is 0 Å². The van der Waals surface area contributed by atoms with E-state index in [9.17, 15) is 26.4 Å². The average Bonchev–Trinajstić information content (AvgIpc) is 3.08. The normalized spacial score (nSPS) is 12.3. The Kier molecular flexibility index (Phi) is 6.51. The molecule has 0 amide bonds. The predicted molar refractivity (Wildman–Crippen MR) is 107 cm³/mol. The molecule has 3 aromatic heterocycles. The van der Waals surface area contributed by atoms with Gasteiger partial charge in [-0.1, -0.05) is 6.92 Å². The van der Waals surface area contributed by atoms with E-state index in [2.05, 4.69) is 15.0 Å². The second-order valence-electron chi connectivity index (χ2n) is 6.66. The van der Waals surface area contributed by atoms with Crippen LogP contribution in [0.5, 0.6) is 0 Å². The number of hydrogen-bond donors (Lipinski definition) is 0. The Balaban J connectivity index is 2.15. The molecule has 3 rings (SSSR count). The predicted octanol–water partition coefficient (Wildman–Crippen LogP) is 2.65. The van der Waals surface area contributed by atoms with Gasteiger partial charge in [-0.25, -0.2) is 23.2 Å². The van der Waals surface area contributed by atoms with Gasteiger partial charge in [-0.3, -0.25) is 4.98 Å². The molecule has 0 radical (unpaired) electrons. The molecule has 3 aromatic rings. The van der Waals surface area contributed by atoms with Crippen molar-refractivity contribution in [2.75, 3.05) is 26.1 Å². The van der Waals surface area contributed by atoms with Crippen molar-refractivity contribution >= 4 is 27.0 Å². The number of rotatable bonds is 7. The summed E-state index contributed by atoms with van der Waals surface area (Å²) in [6.07, 6.45) is -2.82. The Labute approximate surface area is 181 Å². The molecular formula is C19H19F3N4O5S. The fraction of sp³-hybridized carbons (Fsp3) is 0.368. The van der Waals surface area contributed by atoms with Gasteiger partial charge in [0, 0.05) is 26.6 Å². The zero-order chi connectivity index (χ0) is 23.7. The lowest BCUT2D eigenvalue weighted by Gasteiger charge is -2.11. The monoisotopic (exact) mass is 472 g/mol. The number of esters is 1. The molecule has 0 aromatic carbocycles. The van der Waals surface area contributed by atoms with Gasteiger partial charge in [0.15, 0.2) is 21.3 Å². The zero-order valence-corrected chi connectivity index (χ0v) is 18.1. The third kappa shape index (κ3) is 4.58. The molecule has 0 aliphatic rings. The van der Waals surface area contributed by atoms with E-state index < -0.39 is 27.5 Å². The van der Waals surface area contributed by atoms with Gasteiger partial charge in [0.25, 0.3) is 0 Å². The summed E-state index contributed by atoms with van der Waals surface area (Å²) in [6.45, 7) is 1.53. The largest absolute Gasteiger partial charge is 0.460 e. The maximum Gasteiger partial charge on any atom is 0.417 e. The van der Waals surface area contributed by atoms with Crippen LogP contribution >= 0.6 is 0 Å². The molecular weight excluding hydrogens is 453 g/mol. The van der Waals surface area contributed by atoms with Crippen molar-refractivity contribution in [2.24, 2.45) is 7.05 Å². The first kappa shape index (κ1) is 23.6. The molecule has 13 heteroatoms. The molecule has 172 valence electrons. The second kappa shape index (κ2) is 8.82. The van der Waals surface area contributed by atoms with Crippen LogP contribution in [0, 0.1) is 0 Å². The van der Waals surface area contributed by atoms with Crippen LogP contribution in [0.25, 0.3) is 22.7 Å². The number of aryl methyl sites for hydroxylation is 1. The third-order valence-corrected chi connectivity index (χ3v) is 6.31. The Bertz CT molecular complexity index is 1270. The number of hydrogen-bond acceptors (Lipinski definition) is 8. The number of sulfone groups is 1. The summed E-state index contributed by atoms with van der Waals surface area (Å²) in [5, 5.41) is 0. The summed E-state index contributed by atoms with van der Waals surface area (Å²) in [4.78, 5) is 24.0. The number of nitrogens with zero attached hydrogens (tertiary/aromatic N) is 4. The number of ether oxygens (including phenoxy) is 2. The van der Waals surface area contributed by atoms with Crippen LogP contribution in [-0.2, 0) is 32.5 Å². The Morgan fingerprint density at radius 1 is 1.16 bits per heavy atom. The maximum absolute atomic E-state index is 13.0. The first-order valence-electron chi connectivity index (χ1n) is 9.28. The van der Waals surface area contributed by atoms with Crippen molar-refractivity contribution in [3.63, 3.8) is 0 Å². The molecule has 0 fully saturated rings. The summed E-state index contributed by atoms with van der Waals surface area (Å²) in [7, 11) is -0.988. The lowest BCUT2D eigenvalue weighted by molar-refractivity contribution is -0.137. The second-order valence-corrected chi connectivity index (χ2v) is 8.91. The molecule has 9 nitrogen and oxygen atoms in total. The van der Waals surface area contributed by atoms with Gasteiger partial charge in [0.05, 0.1) is 28.4 Å². The molecule has 0 atom stereocenters. The molecule has 0 aliphatic heterocycles. The van der Waals surface area contributed by atoms with Gasteiger partial charge in [0.2, 0.25) is 0 Å². The van der Waals surface area contributed by atoms with Gasteiger partial charge in [-0.15, -0.1) is 0 Å². The van der Waals surface area contributed by atoms with Crippen molar-refractivity contribution in [2.45, 2.75) is 18.0 Å². The average molecular weight is 472 g/mol. The minimum Gasteiger partial charge on any atom is -0.460 e. The number of aromatic nitrogens is 4. The standard InChI is InChI=1S/C19H19F3N4O5S/c1-4-32(28,29)14-7-11(18(27)31-6-5-30-3)9-23-15(14)17-25-13-8-12(19(20,21)22)10-24-16(13)26(17)2/h7-10H,4-6H2,1-3H3. The molecule has 0 unspecified atom stereocenters. The highest BCUT2D eigenvalue weighted by Gasteiger charge is 2.32. The first-order chi connectivity index (χ1) is 15.0. The van der Waals surface area contributed by atoms with E-state index in [0.717, 1.165) is 18.3 Å². The minimum absolute atomic E-state index is 0.0156. The molecule has 0 spiro atoms. The molecule has 3 heterocycles. The summed E-state index contributed by atoms with van der Waals surface area (Å²) in [5.74, 6) is -1.11. The first-order valence-corrected chi connectivity index (χ1v) is 10.9. The van der Waals surface area contributed by atoms with Crippen LogP contribution in [0.15, 0.2) is 29.4 Å². The summed E-state index contributed by atoms with van der Waals surface area (Å²) < 4.78 is 75.7. The number of imidazole rings is 1. The lowest BCUT2D eigenvalue weighted by Crippen LogP contribution is -2.14. The third-order valence-electron chi connectivity index (χ3n) is 4.57. The van der Waals surface area contributed by atoms with Crippen LogP contribution in [0.2, 0.25) is 0 Å². The fourth-order valence-corrected chi connectivity index (χ4v) is 3.92. The zero-order valence-electron chi connectivity index (χ0n) is 17.3. The molecule has 0 aliphatic carbocycles. The maximum atomic E-state index is 13.0. The van der Waals surface area contributed by atoms with Crippen molar-refractivity contribution in [3.8, 4) is 11.5 Å². The highest BCUT2D eigenvalue weighted by Crippen LogP contribution is 2.32. The quantitative estimate of drug-likeness (QED) is 0.381. The van der Waals surface area contributed by atoms with Crippen molar-refractivity contribution in [1.82, 2.24) is 19.5 Å². The molecule has 0 N–H and O–H groups in total. The number of carbonyl (C=O) groups is 1. The van der Waals surface area contributed by atoms with E-state index in [1.165, 1.54) is 25.6 Å². The molecule has 32 heavy (non-hydrogen) atoms. The number of alkyl halides is 3. The summed E-state index contributed by atoms with van der Waals surface area (Å²) in [5.41, 5.74) is -1.18. The van der Waals surface area contributed by atoms with E-state index in [-0.39, 0.29) is 52.1 Å². The van der Waals surface area contributed by atoms with Crippen LogP contribution in [-0.4, -0.2) is 60.0 Å². The van der Waals surface area contributed by atoms with Gasteiger partial charge in [0.1, 0.15) is 17.8 Å². The van der Waals surface area contributed by atoms with E-state index in [1.54, 1.807) is 0 Å². The van der Waals surface area contributed by atoms with E-state index >= 15 is 0 Å². The van der Waals surface area contributed by atoms with E-state index in [4.69, 9.17) is 9.47 Å². The van der Waals surface area contributed by atoms with Crippen LogP contribution in [0.1, 0.15) is 22.8 Å². The Morgan fingerprint density at radius 3 is 2.50 bits per heavy atom. The van der Waals surface area contributed by atoms with E-state index in [0.29, 0.717) is 6.20 Å². The number of fused-ring (bicyclic) bond motifs is 1. The number of carbonyl (C=O) groups excluding carboxylic acids is 1. The highest BCUT2D eigenvalue weighted by molar-refractivity contribution is 7.91. The lowest BCUT2D eigenvalue weighted by atomic mass is 10.2. The molecule has 0 saturated heterocycles. The minimum atomic E-state index is -4.61.